The number of benzene rings is 1. The average molecular weight is 464 g/mol. The van der Waals surface area contributed by atoms with E-state index in [1.54, 1.807) is 27.7 Å². The molecule has 1 rings (SSSR count). The monoisotopic (exact) mass is 463 g/mol. The number of hydrogen-bond donors (Lipinski definition) is 3. The molecule has 0 aromatic heterocycles. The minimum Gasteiger partial charge on any atom is -0.444 e. The maximum Gasteiger partial charge on any atom is 0.408 e. The van der Waals surface area contributed by atoms with Gasteiger partial charge in [-0.05, 0) is 53.5 Å². The number of ether oxygens (including phenoxy) is 1. The van der Waals surface area contributed by atoms with Gasteiger partial charge in [-0.2, -0.15) is 0 Å². The molecule has 0 saturated heterocycles. The molecule has 0 heterocycles. The molecule has 0 aliphatic heterocycles. The third-order valence-electron chi connectivity index (χ3n) is 4.99. The zero-order valence-electron chi connectivity index (χ0n) is 21.2. The highest BCUT2D eigenvalue weighted by atomic mass is 16.6. The Morgan fingerprint density at radius 2 is 1.67 bits per heavy atom. The fourth-order valence-corrected chi connectivity index (χ4v) is 3.62. The third-order valence-corrected chi connectivity index (χ3v) is 4.99. The highest BCUT2D eigenvalue weighted by Crippen LogP contribution is 2.25. The summed E-state index contributed by atoms with van der Waals surface area (Å²) < 4.78 is 5.22. The fraction of sp³-hybridized carbons (Fsp3) is 0.640. The second-order valence-electron chi connectivity index (χ2n) is 9.33. The summed E-state index contributed by atoms with van der Waals surface area (Å²) in [7, 11) is 0. The molecule has 0 fully saturated rings. The van der Waals surface area contributed by atoms with Gasteiger partial charge >= 0.3 is 6.09 Å². The molecule has 0 saturated carbocycles. The Balaban J connectivity index is 3.24. The Morgan fingerprint density at radius 3 is 2.15 bits per heavy atom. The number of carbonyl (C=O) groups excluding carboxylic acids is 3. The number of aliphatic hydroxyl groups excluding tert-OH is 1. The van der Waals surface area contributed by atoms with Crippen molar-refractivity contribution in [3.8, 4) is 0 Å². The average Bonchev–Trinajstić information content (AvgIpc) is 2.70. The number of unbranched alkanes of at least 4 members (excludes halogenated alkanes) is 2. The predicted octanol–water partition coefficient (Wildman–Crippen LogP) is 3.39. The molecule has 186 valence electrons. The van der Waals surface area contributed by atoms with E-state index in [1.165, 1.54) is 4.90 Å². The summed E-state index contributed by atoms with van der Waals surface area (Å²) in [6, 6.07) is 3.64. The summed E-state index contributed by atoms with van der Waals surface area (Å²) in [6.45, 7) is 13.0. The van der Waals surface area contributed by atoms with Crippen LogP contribution in [-0.4, -0.2) is 59.3 Å². The molecule has 0 aliphatic rings. The summed E-state index contributed by atoms with van der Waals surface area (Å²) in [4.78, 5) is 40.3. The largest absolute Gasteiger partial charge is 0.444 e. The van der Waals surface area contributed by atoms with Gasteiger partial charge in [0, 0.05) is 13.1 Å². The molecule has 3 amide bonds. The van der Waals surface area contributed by atoms with Crippen molar-refractivity contribution >= 4 is 17.9 Å². The number of aliphatic hydroxyl groups is 1. The lowest BCUT2D eigenvalue weighted by Crippen LogP contribution is -2.54. The molecule has 2 atom stereocenters. The maximum absolute atomic E-state index is 13.4. The SMILES string of the molecule is CCCCCNC(=O)C(c1cc(C)cc(C)c1)N(CC)C(=O)C(CO)NC(=O)OC(C)(C)C. The number of nitrogens with zero attached hydrogens (tertiary/aromatic N) is 1. The number of alkyl carbamates (subject to hydrolysis) is 1. The number of amides is 3. The molecule has 1 aromatic rings. The highest BCUT2D eigenvalue weighted by molar-refractivity contribution is 5.92. The Morgan fingerprint density at radius 1 is 1.06 bits per heavy atom. The molecule has 0 radical (unpaired) electrons. The number of carbonyl (C=O) groups is 3. The molecule has 3 N–H and O–H groups in total. The molecule has 0 aliphatic carbocycles. The molecule has 8 heteroatoms. The van der Waals surface area contributed by atoms with Gasteiger partial charge in [-0.25, -0.2) is 4.79 Å². The zero-order valence-corrected chi connectivity index (χ0v) is 21.2. The van der Waals surface area contributed by atoms with Crippen LogP contribution in [0.4, 0.5) is 4.79 Å². The minimum absolute atomic E-state index is 0.214. The summed E-state index contributed by atoms with van der Waals surface area (Å²) in [5.41, 5.74) is 1.88. The van der Waals surface area contributed by atoms with Crippen molar-refractivity contribution in [2.24, 2.45) is 0 Å². The quantitative estimate of drug-likeness (QED) is 0.436. The molecule has 0 spiro atoms. The van der Waals surface area contributed by atoms with E-state index < -0.39 is 36.3 Å². The molecular formula is C25H41N3O5. The molecule has 0 bridgehead atoms. The van der Waals surface area contributed by atoms with Gasteiger partial charge in [0.25, 0.3) is 0 Å². The molecule has 8 nitrogen and oxygen atoms in total. The van der Waals surface area contributed by atoms with Crippen molar-refractivity contribution in [1.29, 1.82) is 0 Å². The molecule has 2 unspecified atom stereocenters. The number of rotatable bonds is 11. The Hall–Kier alpha value is -2.61. The lowest BCUT2D eigenvalue weighted by molar-refractivity contribution is -0.143. The van der Waals surface area contributed by atoms with Crippen molar-refractivity contribution in [1.82, 2.24) is 15.5 Å². The van der Waals surface area contributed by atoms with Crippen molar-refractivity contribution < 1.29 is 24.2 Å². The van der Waals surface area contributed by atoms with Gasteiger partial charge in [0.2, 0.25) is 11.8 Å². The van der Waals surface area contributed by atoms with Crippen molar-refractivity contribution in [3.05, 3.63) is 34.9 Å². The first kappa shape index (κ1) is 28.4. The summed E-state index contributed by atoms with van der Waals surface area (Å²) in [5, 5.41) is 15.2. The summed E-state index contributed by atoms with van der Waals surface area (Å²) in [5.74, 6) is -0.848. The Labute approximate surface area is 198 Å². The van der Waals surface area contributed by atoms with Crippen molar-refractivity contribution in [2.75, 3.05) is 19.7 Å². The molecule has 1 aromatic carbocycles. The molecular weight excluding hydrogens is 422 g/mol. The Bertz CT molecular complexity index is 783. The highest BCUT2D eigenvalue weighted by Gasteiger charge is 2.35. The number of nitrogens with one attached hydrogen (secondary N) is 2. The van der Waals surface area contributed by atoms with E-state index in [0.717, 1.165) is 30.4 Å². The number of likely N-dealkylation sites (N-methyl/N-ethyl adjacent to an activating group) is 1. The van der Waals surface area contributed by atoms with E-state index in [0.29, 0.717) is 12.1 Å². The first-order valence-corrected chi connectivity index (χ1v) is 11.7. The second-order valence-corrected chi connectivity index (χ2v) is 9.33. The van der Waals surface area contributed by atoms with Crippen LogP contribution in [-0.2, 0) is 14.3 Å². The van der Waals surface area contributed by atoms with Crippen LogP contribution >= 0.6 is 0 Å². The van der Waals surface area contributed by atoms with E-state index in [9.17, 15) is 19.5 Å². The fourth-order valence-electron chi connectivity index (χ4n) is 3.62. The van der Waals surface area contributed by atoms with Gasteiger partial charge < -0.3 is 25.4 Å². The summed E-state index contributed by atoms with van der Waals surface area (Å²) in [6.07, 6.45) is 2.07. The van der Waals surface area contributed by atoms with Crippen LogP contribution < -0.4 is 10.6 Å². The van der Waals surface area contributed by atoms with E-state index in [2.05, 4.69) is 17.6 Å². The van der Waals surface area contributed by atoms with Gasteiger partial charge in [0.05, 0.1) is 6.61 Å². The van der Waals surface area contributed by atoms with Crippen LogP contribution in [0, 0.1) is 13.8 Å². The topological polar surface area (TPSA) is 108 Å². The van der Waals surface area contributed by atoms with Crippen LogP contribution in [0.2, 0.25) is 0 Å². The second kappa shape index (κ2) is 13.2. The van der Waals surface area contributed by atoms with Crippen LogP contribution in [0.25, 0.3) is 0 Å². The van der Waals surface area contributed by atoms with Gasteiger partial charge in [-0.1, -0.05) is 49.1 Å². The Kier molecular flexibility index (Phi) is 11.4. The zero-order chi connectivity index (χ0) is 25.2. The van der Waals surface area contributed by atoms with E-state index in [-0.39, 0.29) is 12.5 Å². The molecule has 33 heavy (non-hydrogen) atoms. The van der Waals surface area contributed by atoms with E-state index in [1.807, 2.05) is 32.0 Å². The van der Waals surface area contributed by atoms with Gasteiger partial charge in [0.1, 0.15) is 17.7 Å². The maximum atomic E-state index is 13.4. The van der Waals surface area contributed by atoms with Crippen molar-refractivity contribution in [2.45, 2.75) is 85.4 Å². The van der Waals surface area contributed by atoms with E-state index in [4.69, 9.17) is 4.74 Å². The lowest BCUT2D eigenvalue weighted by Gasteiger charge is -2.33. The lowest BCUT2D eigenvalue weighted by atomic mass is 9.98. The third kappa shape index (κ3) is 9.42. The van der Waals surface area contributed by atoms with Gasteiger partial charge in [-0.15, -0.1) is 0 Å². The van der Waals surface area contributed by atoms with Gasteiger partial charge in [-0.3, -0.25) is 9.59 Å². The first-order valence-electron chi connectivity index (χ1n) is 11.7. The first-order chi connectivity index (χ1) is 15.4. The van der Waals surface area contributed by atoms with Crippen molar-refractivity contribution in [3.63, 3.8) is 0 Å². The van der Waals surface area contributed by atoms with Crippen LogP contribution in [0.3, 0.4) is 0 Å². The van der Waals surface area contributed by atoms with Crippen LogP contribution in [0.15, 0.2) is 18.2 Å². The van der Waals surface area contributed by atoms with Gasteiger partial charge in [0.15, 0.2) is 0 Å². The number of aryl methyl sites for hydroxylation is 2. The standard InChI is InChI=1S/C25H41N3O5/c1-8-10-11-12-26-22(30)21(19-14-17(3)13-18(4)15-19)28(9-2)23(31)20(16-29)27-24(32)33-25(5,6)7/h13-15,20-21,29H,8-12,16H2,1-7H3,(H,26,30)(H,27,32). The number of hydrogen-bond acceptors (Lipinski definition) is 5. The van der Waals surface area contributed by atoms with E-state index >= 15 is 0 Å². The normalized spacial score (nSPS) is 13.1. The minimum atomic E-state index is -1.24. The summed E-state index contributed by atoms with van der Waals surface area (Å²) >= 11 is 0. The smallest absolute Gasteiger partial charge is 0.408 e. The van der Waals surface area contributed by atoms with Crippen LogP contribution in [0.1, 0.15) is 76.6 Å². The van der Waals surface area contributed by atoms with Crippen LogP contribution in [0.5, 0.6) is 0 Å². The predicted molar refractivity (Wildman–Crippen MR) is 129 cm³/mol.